The van der Waals surface area contributed by atoms with Crippen LogP contribution >= 0.6 is 0 Å². The van der Waals surface area contributed by atoms with E-state index in [1.807, 2.05) is 30.5 Å². The van der Waals surface area contributed by atoms with Crippen LogP contribution in [0.2, 0.25) is 0 Å². The summed E-state index contributed by atoms with van der Waals surface area (Å²) >= 11 is 0. The van der Waals surface area contributed by atoms with Crippen LogP contribution in [0.25, 0.3) is 87.6 Å². The maximum atomic E-state index is 5.28. The molecule has 0 unspecified atom stereocenters. The molecule has 0 aliphatic carbocycles. The number of hydrogen-bond donors (Lipinski definition) is 0. The molecule has 0 saturated carbocycles. The van der Waals surface area contributed by atoms with Gasteiger partial charge in [0.25, 0.3) is 0 Å². The molecule has 0 radical (unpaired) electrons. The quantitative estimate of drug-likeness (QED) is 0.202. The number of benzene rings is 7. The molecule has 8 aromatic carbocycles. The summed E-state index contributed by atoms with van der Waals surface area (Å²) in [5, 5.41) is 12.6. The van der Waals surface area contributed by atoms with Gasteiger partial charge in [0.2, 0.25) is 0 Å². The lowest BCUT2D eigenvalue weighted by Crippen LogP contribution is -1.96. The number of nitrogens with zero attached hydrogens (tertiary/aromatic N) is 2. The fourth-order valence-corrected chi connectivity index (χ4v) is 6.85. The summed E-state index contributed by atoms with van der Waals surface area (Å²) < 4.78 is 0. The summed E-state index contributed by atoms with van der Waals surface area (Å²) in [5.74, 6) is 0. The highest BCUT2D eigenvalue weighted by molar-refractivity contribution is 6.32. The van der Waals surface area contributed by atoms with E-state index in [4.69, 9.17) is 9.97 Å². The monoisotopic (exact) mass is 558 g/mol. The first-order valence-electron chi connectivity index (χ1n) is 15.0. The minimum atomic E-state index is 0.853. The van der Waals surface area contributed by atoms with E-state index in [0.29, 0.717) is 0 Å². The van der Waals surface area contributed by atoms with Crippen molar-refractivity contribution < 1.29 is 0 Å². The number of aromatic nitrogens is 2. The van der Waals surface area contributed by atoms with Gasteiger partial charge in [-0.25, -0.2) is 4.98 Å². The zero-order valence-corrected chi connectivity index (χ0v) is 23.9. The third-order valence-corrected chi connectivity index (χ3v) is 8.87. The Bertz CT molecular complexity index is 2530. The highest BCUT2D eigenvalue weighted by atomic mass is 14.8. The topological polar surface area (TPSA) is 25.8 Å². The second-order valence-corrected chi connectivity index (χ2v) is 11.4. The van der Waals surface area contributed by atoms with Crippen LogP contribution < -0.4 is 0 Å². The molecule has 0 saturated heterocycles. The lowest BCUT2D eigenvalue weighted by molar-refractivity contribution is 1.21. The zero-order valence-electron chi connectivity index (χ0n) is 23.9. The second kappa shape index (κ2) is 9.86. The van der Waals surface area contributed by atoms with Gasteiger partial charge in [-0.1, -0.05) is 146 Å². The van der Waals surface area contributed by atoms with Crippen LogP contribution in [-0.4, -0.2) is 9.97 Å². The minimum absolute atomic E-state index is 0.853. The van der Waals surface area contributed by atoms with E-state index in [-0.39, 0.29) is 0 Å². The van der Waals surface area contributed by atoms with Gasteiger partial charge in [0.1, 0.15) is 0 Å². The summed E-state index contributed by atoms with van der Waals surface area (Å²) in [6, 6.07) is 54.1. The van der Waals surface area contributed by atoms with Crippen LogP contribution in [0.4, 0.5) is 0 Å². The molecule has 0 N–H and O–H groups in total. The molecule has 0 aliphatic heterocycles. The molecule has 0 atom stereocenters. The third kappa shape index (κ3) is 3.82. The largest absolute Gasteiger partial charge is 0.252 e. The molecule has 44 heavy (non-hydrogen) atoms. The van der Waals surface area contributed by atoms with Crippen molar-refractivity contribution >= 4 is 53.9 Å². The number of hydrogen-bond acceptors (Lipinski definition) is 2. The molecule has 1 heterocycles. The van der Waals surface area contributed by atoms with Crippen LogP contribution in [0, 0.1) is 0 Å². The van der Waals surface area contributed by atoms with E-state index in [9.17, 15) is 0 Å². The summed E-state index contributed by atoms with van der Waals surface area (Å²) in [6.45, 7) is 0. The molecule has 1 aromatic heterocycles. The molecule has 0 spiro atoms. The average molecular weight is 559 g/mol. The van der Waals surface area contributed by atoms with Crippen LogP contribution in [0.15, 0.2) is 158 Å². The molecule has 9 rings (SSSR count). The van der Waals surface area contributed by atoms with E-state index < -0.39 is 0 Å². The van der Waals surface area contributed by atoms with Crippen molar-refractivity contribution in [3.8, 4) is 33.8 Å². The lowest BCUT2D eigenvalue weighted by Gasteiger charge is -2.15. The predicted molar refractivity (Wildman–Crippen MR) is 186 cm³/mol. The number of fused-ring (bicyclic) bond motifs is 5. The molecule has 9 aromatic rings. The van der Waals surface area contributed by atoms with Crippen LogP contribution in [0.3, 0.4) is 0 Å². The van der Waals surface area contributed by atoms with Gasteiger partial charge in [-0.2, -0.15) is 0 Å². The summed E-state index contributed by atoms with van der Waals surface area (Å²) in [7, 11) is 0. The van der Waals surface area contributed by atoms with E-state index in [1.54, 1.807) is 0 Å². The van der Waals surface area contributed by atoms with Gasteiger partial charge in [0.15, 0.2) is 0 Å². The third-order valence-electron chi connectivity index (χ3n) is 8.87. The van der Waals surface area contributed by atoms with E-state index in [1.165, 1.54) is 53.9 Å². The Labute approximate surface area is 254 Å². The summed E-state index contributed by atoms with van der Waals surface area (Å²) in [5.41, 5.74) is 5.76. The van der Waals surface area contributed by atoms with Crippen molar-refractivity contribution in [1.82, 2.24) is 9.97 Å². The Morgan fingerprint density at radius 1 is 0.341 bits per heavy atom. The smallest absolute Gasteiger partial charge is 0.0972 e. The Hall–Kier alpha value is -5.86. The summed E-state index contributed by atoms with van der Waals surface area (Å²) in [6.07, 6.45) is 1.92. The van der Waals surface area contributed by atoms with E-state index >= 15 is 0 Å². The Kier molecular flexibility index (Phi) is 5.54. The maximum absolute atomic E-state index is 5.28. The first kappa shape index (κ1) is 24.7. The average Bonchev–Trinajstić information content (AvgIpc) is 3.10. The molecule has 0 fully saturated rings. The zero-order chi connectivity index (χ0) is 29.0. The van der Waals surface area contributed by atoms with Crippen LogP contribution in [0.5, 0.6) is 0 Å². The first-order valence-corrected chi connectivity index (χ1v) is 15.0. The van der Waals surface area contributed by atoms with Gasteiger partial charge < -0.3 is 0 Å². The Morgan fingerprint density at radius 2 is 0.864 bits per heavy atom. The van der Waals surface area contributed by atoms with E-state index in [0.717, 1.165) is 33.8 Å². The molecular formula is C42H26N2. The Balaban J connectivity index is 1.38. The fourth-order valence-electron chi connectivity index (χ4n) is 6.85. The van der Waals surface area contributed by atoms with Crippen molar-refractivity contribution in [2.24, 2.45) is 0 Å². The van der Waals surface area contributed by atoms with Crippen molar-refractivity contribution in [3.05, 3.63) is 158 Å². The molecule has 0 amide bonds. The maximum Gasteiger partial charge on any atom is 0.0972 e. The predicted octanol–water partition coefficient (Wildman–Crippen LogP) is 11.2. The Morgan fingerprint density at radius 3 is 1.50 bits per heavy atom. The molecule has 204 valence electrons. The lowest BCUT2D eigenvalue weighted by atomic mass is 9.90. The highest BCUT2D eigenvalue weighted by Crippen LogP contribution is 2.41. The molecule has 0 aliphatic rings. The van der Waals surface area contributed by atoms with Crippen LogP contribution in [0.1, 0.15) is 0 Å². The summed E-state index contributed by atoms with van der Waals surface area (Å²) in [4.78, 5) is 10.3. The van der Waals surface area contributed by atoms with Crippen molar-refractivity contribution in [2.45, 2.75) is 0 Å². The van der Waals surface area contributed by atoms with Crippen molar-refractivity contribution in [3.63, 3.8) is 0 Å². The van der Waals surface area contributed by atoms with Crippen molar-refractivity contribution in [2.75, 3.05) is 0 Å². The molecule has 2 heteroatoms. The van der Waals surface area contributed by atoms with Gasteiger partial charge in [-0.15, -0.1) is 0 Å². The van der Waals surface area contributed by atoms with Crippen molar-refractivity contribution in [1.29, 1.82) is 0 Å². The molecule has 2 nitrogen and oxygen atoms in total. The van der Waals surface area contributed by atoms with Gasteiger partial charge in [-0.05, 0) is 59.9 Å². The first-order chi connectivity index (χ1) is 21.8. The normalized spacial score (nSPS) is 11.6. The van der Waals surface area contributed by atoms with Crippen LogP contribution in [-0.2, 0) is 0 Å². The molecular weight excluding hydrogens is 532 g/mol. The molecule has 0 bridgehead atoms. The standard InChI is InChI=1S/C42H26N2/c1-3-11-29(12-4-1)41-42(30-13-5-2-6-14-30)44-38(26-43-41)31-23-24-34-36-20-10-16-28-22-21-27-15-9-19-35(39(27)40(28)36)32-17-7-8-18-33(32)37(34)25-31/h1-26H. The second-order valence-electron chi connectivity index (χ2n) is 11.4. The minimum Gasteiger partial charge on any atom is -0.252 e. The fraction of sp³-hybridized carbons (Fsp3) is 0. The number of rotatable bonds is 3. The van der Waals surface area contributed by atoms with Gasteiger partial charge in [-0.3, -0.25) is 4.98 Å². The highest BCUT2D eigenvalue weighted by Gasteiger charge is 2.16. The van der Waals surface area contributed by atoms with Gasteiger partial charge in [0.05, 0.1) is 23.3 Å². The SMILES string of the molecule is c1ccc(-c2ncc(-c3ccc4c(c3)c3ccccc3c3cccc5ccc6cccc4c6c53)nc2-c2ccccc2)cc1. The van der Waals surface area contributed by atoms with Gasteiger partial charge in [0, 0.05) is 16.7 Å². The van der Waals surface area contributed by atoms with Gasteiger partial charge >= 0.3 is 0 Å². The van der Waals surface area contributed by atoms with E-state index in [2.05, 4.69) is 127 Å².